The lowest BCUT2D eigenvalue weighted by molar-refractivity contribution is 2.29. The second-order valence-electron chi connectivity index (χ2n) is 0.749. The van der Waals surface area contributed by atoms with Crippen molar-refractivity contribution in [2.75, 3.05) is 4.95 Å². The van der Waals surface area contributed by atoms with Gasteiger partial charge in [-0.25, -0.2) is 0 Å². The zero-order valence-corrected chi connectivity index (χ0v) is 11.8. The van der Waals surface area contributed by atoms with Gasteiger partial charge in [0.15, 0.2) is 0 Å². The smallest absolute Gasteiger partial charge is 0.0937 e. The third-order valence-electron chi connectivity index (χ3n) is 0.152. The molecule has 0 fully saturated rings. The van der Waals surface area contributed by atoms with Crippen LogP contribution < -0.4 is 0 Å². The van der Waals surface area contributed by atoms with E-state index in [4.69, 9.17) is 0 Å². The number of halogens is 4. The molecule has 0 heterocycles. The molecule has 5 heteroatoms. The Balaban J connectivity index is 3.17. The maximum absolute atomic E-state index is 3.41. The van der Waals surface area contributed by atoms with Crippen molar-refractivity contribution in [2.45, 2.75) is 0 Å². The monoisotopic (exact) mass is 502 g/mol. The van der Waals surface area contributed by atoms with Crippen LogP contribution in [-0.2, 0) is 0 Å². The first-order valence-electron chi connectivity index (χ1n) is 1.19. The second kappa shape index (κ2) is 3.83. The van der Waals surface area contributed by atoms with E-state index in [1.807, 2.05) is 0 Å². The standard InChI is InChI=1S/CH2BrI3Si/c2-1-6(3,4)5/h1H2. The lowest BCUT2D eigenvalue weighted by Gasteiger charge is -1.99. The van der Waals surface area contributed by atoms with Gasteiger partial charge in [0.2, 0.25) is 0 Å². The predicted molar refractivity (Wildman–Crippen MR) is 61.6 cm³/mol. The van der Waals surface area contributed by atoms with Gasteiger partial charge in [0, 0.05) is 4.95 Å². The average Bonchev–Trinajstić information content (AvgIpc) is 1.35. The van der Waals surface area contributed by atoms with Crippen LogP contribution in [0.25, 0.3) is 0 Å². The van der Waals surface area contributed by atoms with Crippen LogP contribution in [0.15, 0.2) is 0 Å². The first-order valence-corrected chi connectivity index (χ1v) is 13.9. The summed E-state index contributed by atoms with van der Waals surface area (Å²) in [5.41, 5.74) is 0. The van der Waals surface area contributed by atoms with Crippen LogP contribution in [0.4, 0.5) is 0 Å². The van der Waals surface area contributed by atoms with Crippen LogP contribution in [0.5, 0.6) is 0 Å². The van der Waals surface area contributed by atoms with Crippen LogP contribution in [-0.4, -0.2) is 5.52 Å². The molecule has 0 aliphatic rings. The summed E-state index contributed by atoms with van der Waals surface area (Å²) in [6.07, 6.45) is 0. The predicted octanol–water partition coefficient (Wildman–Crippen LogP) is 3.16. The fraction of sp³-hybridized carbons (Fsp3) is 1.00. The SMILES string of the molecule is BrC[Si](I)(I)I. The molecule has 0 nitrogen and oxygen atoms in total. The highest BCUT2D eigenvalue weighted by Gasteiger charge is 2.18. The molecular weight excluding hydrogens is 501 g/mol. The van der Waals surface area contributed by atoms with E-state index in [0.717, 1.165) is 0 Å². The summed E-state index contributed by atoms with van der Waals surface area (Å²) >= 11 is 10.9. The molecule has 0 N–H and O–H groups in total. The molecule has 0 aromatic carbocycles. The molecule has 0 amide bonds. The summed E-state index contributed by atoms with van der Waals surface area (Å²) < 4.78 is -0.805. The minimum atomic E-state index is -0.805. The molecule has 0 rings (SSSR count). The molecule has 0 spiro atoms. The summed E-state index contributed by atoms with van der Waals surface area (Å²) in [4.78, 5) is 1.18. The molecule has 0 aliphatic carbocycles. The number of hydrogen-bond donors (Lipinski definition) is 0. The van der Waals surface area contributed by atoms with Gasteiger partial charge in [-0.2, -0.15) is 0 Å². The molecule has 38 valence electrons. The molecule has 0 radical (unpaired) electrons. The van der Waals surface area contributed by atoms with Gasteiger partial charge >= 0.3 is 0 Å². The van der Waals surface area contributed by atoms with E-state index in [9.17, 15) is 0 Å². The normalized spacial score (nSPS) is 12.0. The molecule has 6 heavy (non-hydrogen) atoms. The van der Waals surface area contributed by atoms with Crippen molar-refractivity contribution in [1.82, 2.24) is 0 Å². The summed E-state index contributed by atoms with van der Waals surface area (Å²) in [5.74, 6) is 0. The van der Waals surface area contributed by atoms with Crippen LogP contribution in [0.3, 0.4) is 0 Å². The van der Waals surface area contributed by atoms with Crippen molar-refractivity contribution < 1.29 is 0 Å². The molecule has 0 aliphatic heterocycles. The Bertz CT molecular complexity index is 40.5. The van der Waals surface area contributed by atoms with E-state index in [1.54, 1.807) is 0 Å². The van der Waals surface area contributed by atoms with Gasteiger partial charge in [-0.05, 0) is 0 Å². The van der Waals surface area contributed by atoms with E-state index < -0.39 is 0.564 Å². The Morgan fingerprint density at radius 1 is 1.33 bits per heavy atom. The summed E-state index contributed by atoms with van der Waals surface area (Å²) in [7, 11) is 0. The summed E-state index contributed by atoms with van der Waals surface area (Å²) in [6.45, 7) is 0. The van der Waals surface area contributed by atoms with Crippen molar-refractivity contribution in [3.63, 3.8) is 0 Å². The number of hydrogen-bond acceptors (Lipinski definition) is 0. The molecular formula is CH2BrI3Si. The Morgan fingerprint density at radius 3 is 1.50 bits per heavy atom. The van der Waals surface area contributed by atoms with Crippen molar-refractivity contribution in [3.05, 3.63) is 0 Å². The van der Waals surface area contributed by atoms with Crippen molar-refractivity contribution in [3.8, 4) is 0 Å². The molecule has 0 aromatic heterocycles. The van der Waals surface area contributed by atoms with E-state index in [-0.39, 0.29) is 0 Å². The Hall–Kier alpha value is 2.89. The molecule has 0 saturated heterocycles. The first kappa shape index (κ1) is 8.89. The Labute approximate surface area is 85.0 Å². The number of rotatable bonds is 1. The first-order chi connectivity index (χ1) is 2.56. The summed E-state index contributed by atoms with van der Waals surface area (Å²) in [5, 5.41) is 0. The Kier molecular flexibility index (Phi) is 5.67. The minimum Gasteiger partial charge on any atom is -0.0937 e. The Morgan fingerprint density at radius 2 is 1.50 bits per heavy atom. The van der Waals surface area contributed by atoms with E-state index in [2.05, 4.69) is 81.3 Å². The highest BCUT2D eigenvalue weighted by molar-refractivity contribution is 14.4. The zero-order chi connectivity index (χ0) is 5.21. The third-order valence-corrected chi connectivity index (χ3v) is 15.8. The van der Waals surface area contributed by atoms with E-state index in [0.29, 0.717) is 0 Å². The largest absolute Gasteiger partial charge is 0.263 e. The van der Waals surface area contributed by atoms with Gasteiger partial charge < -0.3 is 0 Å². The second-order valence-corrected chi connectivity index (χ2v) is 39.1. The third kappa shape index (κ3) is 6.89. The summed E-state index contributed by atoms with van der Waals surface area (Å²) in [6, 6.07) is 0. The molecule has 0 bridgehead atoms. The van der Waals surface area contributed by atoms with E-state index in [1.165, 1.54) is 4.95 Å². The van der Waals surface area contributed by atoms with Crippen molar-refractivity contribution in [1.29, 1.82) is 0 Å². The van der Waals surface area contributed by atoms with Gasteiger partial charge in [0.25, 0.3) is 0.564 Å². The van der Waals surface area contributed by atoms with Crippen LogP contribution >= 0.6 is 81.3 Å². The maximum atomic E-state index is 3.41. The van der Waals surface area contributed by atoms with Crippen LogP contribution in [0.2, 0.25) is 0 Å². The zero-order valence-electron chi connectivity index (χ0n) is 2.72. The highest BCUT2D eigenvalue weighted by atomic mass is 127. The number of alkyl halides is 1. The highest BCUT2D eigenvalue weighted by Crippen LogP contribution is 2.30. The van der Waals surface area contributed by atoms with Gasteiger partial charge in [-0.1, -0.05) is 81.3 Å². The lowest BCUT2D eigenvalue weighted by Crippen LogP contribution is -2.06. The fourth-order valence-electron chi connectivity index (χ4n) is 0. The van der Waals surface area contributed by atoms with Gasteiger partial charge in [0.05, 0.1) is 0 Å². The topological polar surface area (TPSA) is 0 Å². The molecule has 0 atom stereocenters. The average molecular weight is 503 g/mol. The minimum absolute atomic E-state index is 0.805. The van der Waals surface area contributed by atoms with Crippen LogP contribution in [0.1, 0.15) is 0 Å². The van der Waals surface area contributed by atoms with Crippen molar-refractivity contribution >= 4 is 81.9 Å². The fourth-order valence-corrected chi connectivity index (χ4v) is 0. The van der Waals surface area contributed by atoms with E-state index >= 15 is 0 Å². The maximum Gasteiger partial charge on any atom is 0.263 e. The van der Waals surface area contributed by atoms with Gasteiger partial charge in [-0.15, -0.1) is 0 Å². The van der Waals surface area contributed by atoms with Crippen molar-refractivity contribution in [2.24, 2.45) is 0 Å². The molecule has 0 unspecified atom stereocenters. The van der Waals surface area contributed by atoms with Gasteiger partial charge in [-0.3, -0.25) is 0 Å². The lowest BCUT2D eigenvalue weighted by atomic mass is 11.9. The molecule has 0 aromatic rings. The quantitative estimate of drug-likeness (QED) is 0.224. The van der Waals surface area contributed by atoms with Crippen LogP contribution in [0, 0.1) is 0 Å². The molecule has 0 saturated carbocycles. The van der Waals surface area contributed by atoms with Gasteiger partial charge in [0.1, 0.15) is 0 Å².